The second-order valence-electron chi connectivity index (χ2n) is 6.89. The van der Waals surface area contributed by atoms with Crippen LogP contribution in [0.2, 0.25) is 0 Å². The van der Waals surface area contributed by atoms with Crippen LogP contribution >= 0.6 is 0 Å². The van der Waals surface area contributed by atoms with E-state index in [1.807, 2.05) is 6.92 Å². The van der Waals surface area contributed by atoms with Gasteiger partial charge in [-0.1, -0.05) is 0 Å². The molecule has 1 aromatic carbocycles. The zero-order valence-corrected chi connectivity index (χ0v) is 14.7. The zero-order chi connectivity index (χ0) is 17.6. The molecule has 4 rings (SSSR count). The molecule has 4 N–H and O–H groups in total. The molecule has 0 saturated heterocycles. The molecule has 0 unspecified atom stereocenters. The van der Waals surface area contributed by atoms with Crippen LogP contribution in [0.1, 0.15) is 29.7 Å². The number of aromatic nitrogens is 4. The van der Waals surface area contributed by atoms with Crippen LogP contribution in [0, 0.1) is 26.7 Å². The minimum absolute atomic E-state index is 0.208. The predicted molar refractivity (Wildman–Crippen MR) is 97.6 cm³/mol. The molecule has 2 amide bonds. The van der Waals surface area contributed by atoms with Crippen LogP contribution in [0.15, 0.2) is 12.1 Å². The molecule has 3 aromatic rings. The fourth-order valence-electron chi connectivity index (χ4n) is 2.85. The van der Waals surface area contributed by atoms with E-state index >= 15 is 0 Å². The third-order valence-electron chi connectivity index (χ3n) is 4.76. The molecule has 25 heavy (non-hydrogen) atoms. The molecule has 2 heterocycles. The van der Waals surface area contributed by atoms with Crippen LogP contribution < -0.4 is 10.6 Å². The lowest BCUT2D eigenvalue weighted by Crippen LogP contribution is -2.30. The number of amides is 2. The van der Waals surface area contributed by atoms with E-state index in [-0.39, 0.29) is 6.03 Å². The second kappa shape index (κ2) is 5.91. The lowest BCUT2D eigenvalue weighted by Gasteiger charge is -2.07. The Bertz CT molecular complexity index is 911. The van der Waals surface area contributed by atoms with Crippen molar-refractivity contribution < 1.29 is 4.79 Å². The smallest absolute Gasteiger partial charge is 0.319 e. The van der Waals surface area contributed by atoms with Crippen molar-refractivity contribution in [3.8, 4) is 11.5 Å². The summed E-state index contributed by atoms with van der Waals surface area (Å²) in [5.41, 5.74) is 6.32. The van der Waals surface area contributed by atoms with Crippen molar-refractivity contribution in [3.63, 3.8) is 0 Å². The Hall–Kier alpha value is -2.83. The van der Waals surface area contributed by atoms with E-state index in [1.54, 1.807) is 0 Å². The Labute approximate surface area is 145 Å². The van der Waals surface area contributed by atoms with Crippen LogP contribution in [0.3, 0.4) is 0 Å². The lowest BCUT2D eigenvalue weighted by molar-refractivity contribution is 0.251. The summed E-state index contributed by atoms with van der Waals surface area (Å²) < 4.78 is 0. The lowest BCUT2D eigenvalue weighted by atomic mass is 10.1. The number of hydrogen-bond acceptors (Lipinski definition) is 3. The standard InChI is InChI=1S/C18H22N6O/c1-9-6-13-14(7-10(9)2)21-17(20-13)16-15(11(3)23-24-16)22-18(25)19-8-12-4-5-12/h6-7,12H,4-5,8H2,1-3H3,(H,20,21)(H,23,24)(H2,19,22,25). The normalized spacial score (nSPS) is 14.0. The number of rotatable bonds is 4. The summed E-state index contributed by atoms with van der Waals surface area (Å²) in [5, 5.41) is 13.1. The maximum absolute atomic E-state index is 12.1. The number of anilines is 1. The van der Waals surface area contributed by atoms with Crippen molar-refractivity contribution in [1.29, 1.82) is 0 Å². The molecular formula is C18H22N6O. The molecule has 1 aliphatic carbocycles. The fraction of sp³-hybridized carbons (Fsp3) is 0.389. The minimum atomic E-state index is -0.208. The molecular weight excluding hydrogens is 316 g/mol. The largest absolute Gasteiger partial charge is 0.338 e. The number of urea groups is 1. The number of benzene rings is 1. The average molecular weight is 338 g/mol. The molecule has 7 heteroatoms. The summed E-state index contributed by atoms with van der Waals surface area (Å²) in [7, 11) is 0. The van der Waals surface area contributed by atoms with Gasteiger partial charge in [-0.25, -0.2) is 9.78 Å². The Morgan fingerprint density at radius 3 is 2.76 bits per heavy atom. The quantitative estimate of drug-likeness (QED) is 0.586. The molecule has 2 aromatic heterocycles. The number of nitrogens with one attached hydrogen (secondary N) is 4. The first kappa shape index (κ1) is 15.7. The van der Waals surface area contributed by atoms with E-state index in [2.05, 4.69) is 56.8 Å². The Morgan fingerprint density at radius 2 is 2.00 bits per heavy atom. The summed E-state index contributed by atoms with van der Waals surface area (Å²) in [5.74, 6) is 1.28. The van der Waals surface area contributed by atoms with Gasteiger partial charge in [-0.2, -0.15) is 5.10 Å². The monoisotopic (exact) mass is 338 g/mol. The number of hydrogen-bond donors (Lipinski definition) is 4. The van der Waals surface area contributed by atoms with Gasteiger partial charge in [-0.3, -0.25) is 5.10 Å². The third-order valence-corrected chi connectivity index (χ3v) is 4.76. The van der Waals surface area contributed by atoms with E-state index in [0.717, 1.165) is 23.3 Å². The van der Waals surface area contributed by atoms with Crippen LogP contribution in [-0.4, -0.2) is 32.7 Å². The number of carbonyl (C=O) groups is 1. The number of nitrogens with zero attached hydrogens (tertiary/aromatic N) is 2. The van der Waals surface area contributed by atoms with Crippen molar-refractivity contribution in [2.45, 2.75) is 33.6 Å². The first-order valence-corrected chi connectivity index (χ1v) is 8.58. The number of imidazole rings is 1. The van der Waals surface area contributed by atoms with Crippen LogP contribution in [-0.2, 0) is 0 Å². The van der Waals surface area contributed by atoms with Crippen molar-refractivity contribution in [2.75, 3.05) is 11.9 Å². The number of H-pyrrole nitrogens is 2. The van der Waals surface area contributed by atoms with Gasteiger partial charge in [0, 0.05) is 6.54 Å². The second-order valence-corrected chi connectivity index (χ2v) is 6.89. The van der Waals surface area contributed by atoms with Crippen LogP contribution in [0.5, 0.6) is 0 Å². The summed E-state index contributed by atoms with van der Waals surface area (Å²) in [6, 6.07) is 3.93. The molecule has 0 bridgehead atoms. The van der Waals surface area contributed by atoms with Gasteiger partial charge in [0.15, 0.2) is 11.5 Å². The molecule has 7 nitrogen and oxygen atoms in total. The number of aromatic amines is 2. The van der Waals surface area contributed by atoms with E-state index in [0.29, 0.717) is 23.1 Å². The van der Waals surface area contributed by atoms with E-state index in [9.17, 15) is 4.79 Å². The molecule has 0 spiro atoms. The molecule has 0 atom stereocenters. The first-order chi connectivity index (χ1) is 12.0. The maximum atomic E-state index is 12.1. The molecule has 1 aliphatic rings. The number of carbonyl (C=O) groups excluding carboxylic acids is 1. The molecule has 0 radical (unpaired) electrons. The summed E-state index contributed by atoms with van der Waals surface area (Å²) in [6.45, 7) is 6.75. The average Bonchev–Trinajstić information content (AvgIpc) is 3.23. The topological polar surface area (TPSA) is 98.5 Å². The van der Waals surface area contributed by atoms with E-state index in [4.69, 9.17) is 0 Å². The highest BCUT2D eigenvalue weighted by molar-refractivity contribution is 5.94. The Morgan fingerprint density at radius 1 is 1.24 bits per heavy atom. The van der Waals surface area contributed by atoms with Gasteiger partial charge in [0.25, 0.3) is 0 Å². The van der Waals surface area contributed by atoms with Crippen LogP contribution in [0.25, 0.3) is 22.6 Å². The van der Waals surface area contributed by atoms with Gasteiger partial charge in [0.2, 0.25) is 0 Å². The van der Waals surface area contributed by atoms with Gasteiger partial charge in [-0.05, 0) is 62.8 Å². The highest BCUT2D eigenvalue weighted by Crippen LogP contribution is 2.30. The predicted octanol–water partition coefficient (Wildman–Crippen LogP) is 3.41. The van der Waals surface area contributed by atoms with Gasteiger partial charge in [0.05, 0.1) is 22.4 Å². The Kier molecular flexibility index (Phi) is 3.71. The summed E-state index contributed by atoms with van der Waals surface area (Å²) in [6.07, 6.45) is 2.40. The van der Waals surface area contributed by atoms with Gasteiger partial charge < -0.3 is 15.6 Å². The minimum Gasteiger partial charge on any atom is -0.338 e. The van der Waals surface area contributed by atoms with Crippen LogP contribution in [0.4, 0.5) is 10.5 Å². The first-order valence-electron chi connectivity index (χ1n) is 8.58. The van der Waals surface area contributed by atoms with Gasteiger partial charge in [-0.15, -0.1) is 0 Å². The highest BCUT2D eigenvalue weighted by atomic mass is 16.2. The number of fused-ring (bicyclic) bond motifs is 1. The van der Waals surface area contributed by atoms with E-state index in [1.165, 1.54) is 24.0 Å². The van der Waals surface area contributed by atoms with Crippen molar-refractivity contribution in [1.82, 2.24) is 25.5 Å². The van der Waals surface area contributed by atoms with Crippen molar-refractivity contribution in [3.05, 3.63) is 29.0 Å². The zero-order valence-electron chi connectivity index (χ0n) is 14.7. The maximum Gasteiger partial charge on any atom is 0.319 e. The molecule has 0 aliphatic heterocycles. The Balaban J connectivity index is 1.63. The number of aryl methyl sites for hydroxylation is 3. The SMILES string of the molecule is Cc1cc2nc(-c3n[nH]c(C)c3NC(=O)NCC3CC3)[nH]c2cc1C. The van der Waals surface area contributed by atoms with Crippen molar-refractivity contribution in [2.24, 2.45) is 5.92 Å². The summed E-state index contributed by atoms with van der Waals surface area (Å²) in [4.78, 5) is 20.1. The van der Waals surface area contributed by atoms with Gasteiger partial charge in [0.1, 0.15) is 0 Å². The van der Waals surface area contributed by atoms with Gasteiger partial charge >= 0.3 is 6.03 Å². The molecule has 1 fully saturated rings. The fourth-order valence-corrected chi connectivity index (χ4v) is 2.85. The summed E-state index contributed by atoms with van der Waals surface area (Å²) >= 11 is 0. The van der Waals surface area contributed by atoms with Crippen molar-refractivity contribution >= 4 is 22.8 Å². The highest BCUT2D eigenvalue weighted by Gasteiger charge is 2.23. The van der Waals surface area contributed by atoms with E-state index < -0.39 is 0 Å². The molecule has 130 valence electrons. The molecule has 1 saturated carbocycles. The third kappa shape index (κ3) is 3.09.